The average molecular weight is 405 g/mol. The van der Waals surface area contributed by atoms with E-state index in [-0.39, 0.29) is 0 Å². The van der Waals surface area contributed by atoms with Crippen molar-refractivity contribution in [3.8, 4) is 0 Å². The Kier molecular flexibility index (Phi) is 5.30. The van der Waals surface area contributed by atoms with E-state index < -0.39 is 24.5 Å². The highest BCUT2D eigenvalue weighted by atomic mass is 16.5. The second kappa shape index (κ2) is 8.20. The molecule has 0 bridgehead atoms. The van der Waals surface area contributed by atoms with Crippen molar-refractivity contribution in [1.82, 2.24) is 15.6 Å². The summed E-state index contributed by atoms with van der Waals surface area (Å²) in [4.78, 5) is 40.7. The van der Waals surface area contributed by atoms with Gasteiger partial charge in [0.05, 0.1) is 23.0 Å². The number of fused-ring (bicyclic) bond motifs is 2. The molecule has 2 N–H and O–H groups in total. The van der Waals surface area contributed by atoms with Crippen LogP contribution in [0.3, 0.4) is 0 Å². The van der Waals surface area contributed by atoms with Crippen molar-refractivity contribution >= 4 is 40.5 Å². The number of pyridine rings is 1. The van der Waals surface area contributed by atoms with Gasteiger partial charge in [-0.05, 0) is 48.3 Å². The molecular weight excluding hydrogens is 386 g/mol. The largest absolute Gasteiger partial charge is 0.465 e. The van der Waals surface area contributed by atoms with Crippen molar-refractivity contribution in [2.24, 2.45) is 0 Å². The minimum Gasteiger partial charge on any atom is -0.465 e. The van der Waals surface area contributed by atoms with Crippen LogP contribution in [-0.2, 0) is 16.0 Å². The van der Waals surface area contributed by atoms with Crippen LogP contribution in [0.1, 0.15) is 33.8 Å². The number of hydrogen-bond donors (Lipinski definition) is 2. The van der Waals surface area contributed by atoms with Gasteiger partial charge in [0, 0.05) is 12.4 Å². The van der Waals surface area contributed by atoms with Gasteiger partial charge in [0.15, 0.2) is 6.61 Å². The first-order chi connectivity index (χ1) is 14.6. The summed E-state index contributed by atoms with van der Waals surface area (Å²) >= 11 is 0. The molecule has 0 radical (unpaired) electrons. The first-order valence-electron chi connectivity index (χ1n) is 9.41. The van der Waals surface area contributed by atoms with E-state index in [4.69, 9.17) is 14.1 Å². The van der Waals surface area contributed by atoms with E-state index in [2.05, 4.69) is 10.6 Å². The van der Waals surface area contributed by atoms with Crippen molar-refractivity contribution < 1.29 is 23.5 Å². The standard InChI is InChI=1S/C22H19N3O5/c1-23-22(28)25-18(26)12-30-21(27)19-15-6-2-3-7-17(15)24-20-13(8-9-16(19)20)11-14-5-4-10-29-14/h2-7,10-11H,8-9,12H2,1H3,(H2,23,25,26,28). The number of carbonyl (C=O) groups is 3. The second-order valence-electron chi connectivity index (χ2n) is 6.72. The van der Waals surface area contributed by atoms with Crippen molar-refractivity contribution in [3.05, 3.63) is 65.2 Å². The van der Waals surface area contributed by atoms with Crippen LogP contribution in [0.5, 0.6) is 0 Å². The topological polar surface area (TPSA) is 111 Å². The third kappa shape index (κ3) is 3.80. The first-order valence-corrected chi connectivity index (χ1v) is 9.41. The van der Waals surface area contributed by atoms with E-state index in [1.807, 2.05) is 36.4 Å². The Balaban J connectivity index is 1.69. The van der Waals surface area contributed by atoms with E-state index in [9.17, 15) is 14.4 Å². The number of para-hydroxylation sites is 1. The molecule has 3 aromatic rings. The maximum atomic E-state index is 12.9. The van der Waals surface area contributed by atoms with Gasteiger partial charge in [0.1, 0.15) is 5.76 Å². The van der Waals surface area contributed by atoms with E-state index in [1.165, 1.54) is 7.05 Å². The van der Waals surface area contributed by atoms with Crippen LogP contribution in [0.15, 0.2) is 47.1 Å². The SMILES string of the molecule is CNC(=O)NC(=O)COC(=O)c1c2c(nc3ccccc13)C(=Cc1ccco1)CC2. The van der Waals surface area contributed by atoms with Gasteiger partial charge in [0.25, 0.3) is 5.91 Å². The molecule has 1 aliphatic carbocycles. The van der Waals surface area contributed by atoms with E-state index in [0.29, 0.717) is 35.1 Å². The Morgan fingerprint density at radius 3 is 2.77 bits per heavy atom. The van der Waals surface area contributed by atoms with Crippen LogP contribution in [0.4, 0.5) is 4.79 Å². The molecular formula is C22H19N3O5. The van der Waals surface area contributed by atoms with Crippen molar-refractivity contribution in [3.63, 3.8) is 0 Å². The van der Waals surface area contributed by atoms with Crippen LogP contribution >= 0.6 is 0 Å². The minimum atomic E-state index is -0.712. The number of rotatable bonds is 4. The fourth-order valence-electron chi connectivity index (χ4n) is 3.49. The lowest BCUT2D eigenvalue weighted by Gasteiger charge is -2.12. The zero-order valence-electron chi connectivity index (χ0n) is 16.2. The highest BCUT2D eigenvalue weighted by Crippen LogP contribution is 2.37. The highest BCUT2D eigenvalue weighted by molar-refractivity contribution is 6.07. The molecule has 0 unspecified atom stereocenters. The van der Waals surface area contributed by atoms with E-state index in [1.54, 1.807) is 12.3 Å². The monoisotopic (exact) mass is 405 g/mol. The first kappa shape index (κ1) is 19.4. The summed E-state index contributed by atoms with van der Waals surface area (Å²) in [5.74, 6) is -0.630. The molecule has 0 spiro atoms. The minimum absolute atomic E-state index is 0.395. The third-order valence-electron chi connectivity index (χ3n) is 4.82. The molecule has 0 fully saturated rings. The average Bonchev–Trinajstić information content (AvgIpc) is 3.40. The van der Waals surface area contributed by atoms with Crippen LogP contribution in [0, 0.1) is 0 Å². The predicted molar refractivity (Wildman–Crippen MR) is 110 cm³/mol. The predicted octanol–water partition coefficient (Wildman–Crippen LogP) is 2.93. The molecule has 8 heteroatoms. The summed E-state index contributed by atoms with van der Waals surface area (Å²) in [6.07, 6.45) is 4.84. The Bertz CT molecular complexity index is 1160. The van der Waals surface area contributed by atoms with Gasteiger partial charge < -0.3 is 14.5 Å². The number of aromatic nitrogens is 1. The maximum Gasteiger partial charge on any atom is 0.339 e. The summed E-state index contributed by atoms with van der Waals surface area (Å²) in [5, 5.41) is 4.98. The normalized spacial score (nSPS) is 13.8. The summed E-state index contributed by atoms with van der Waals surface area (Å²) in [6.45, 7) is -0.563. The zero-order valence-corrected chi connectivity index (χ0v) is 16.2. The summed E-state index contributed by atoms with van der Waals surface area (Å²) in [7, 11) is 1.38. The molecule has 4 rings (SSSR count). The molecule has 8 nitrogen and oxygen atoms in total. The number of carbonyl (C=O) groups excluding carboxylic acids is 3. The molecule has 0 aliphatic heterocycles. The van der Waals surface area contributed by atoms with Crippen LogP contribution in [-0.4, -0.2) is 36.5 Å². The number of esters is 1. The number of nitrogens with one attached hydrogen (secondary N) is 2. The number of imide groups is 1. The van der Waals surface area contributed by atoms with E-state index in [0.717, 1.165) is 16.8 Å². The number of amides is 3. The molecule has 0 saturated carbocycles. The molecule has 1 aromatic carbocycles. The third-order valence-corrected chi connectivity index (χ3v) is 4.82. The lowest BCUT2D eigenvalue weighted by molar-refractivity contribution is -0.123. The molecule has 1 aliphatic rings. The van der Waals surface area contributed by atoms with Gasteiger partial charge in [-0.25, -0.2) is 14.6 Å². The fourth-order valence-corrected chi connectivity index (χ4v) is 3.49. The highest BCUT2D eigenvalue weighted by Gasteiger charge is 2.28. The number of hydrogen-bond acceptors (Lipinski definition) is 6. The zero-order chi connectivity index (χ0) is 21.1. The number of urea groups is 1. The van der Waals surface area contributed by atoms with Gasteiger partial charge in [-0.3, -0.25) is 10.1 Å². The Labute approximate surface area is 171 Å². The molecule has 2 heterocycles. The maximum absolute atomic E-state index is 12.9. The van der Waals surface area contributed by atoms with Gasteiger partial charge in [0.2, 0.25) is 0 Å². The molecule has 2 aromatic heterocycles. The summed E-state index contributed by atoms with van der Waals surface area (Å²) < 4.78 is 10.6. The molecule has 3 amide bonds. The summed E-state index contributed by atoms with van der Waals surface area (Å²) in [6, 6.07) is 10.3. The summed E-state index contributed by atoms with van der Waals surface area (Å²) in [5.41, 5.74) is 3.53. The Morgan fingerprint density at radius 2 is 2.00 bits per heavy atom. The van der Waals surface area contributed by atoms with Crippen LogP contribution in [0.25, 0.3) is 22.6 Å². The molecule has 0 atom stereocenters. The van der Waals surface area contributed by atoms with Crippen LogP contribution < -0.4 is 10.6 Å². The quantitative estimate of drug-likeness (QED) is 0.646. The number of furan rings is 1. The number of nitrogens with zero attached hydrogens (tertiary/aromatic N) is 1. The Morgan fingerprint density at radius 1 is 1.17 bits per heavy atom. The van der Waals surface area contributed by atoms with Crippen molar-refractivity contribution in [1.29, 1.82) is 0 Å². The fraction of sp³-hybridized carbons (Fsp3) is 0.182. The molecule has 0 saturated heterocycles. The second-order valence-corrected chi connectivity index (χ2v) is 6.72. The van der Waals surface area contributed by atoms with E-state index >= 15 is 0 Å². The Hall–Kier alpha value is -3.94. The van der Waals surface area contributed by atoms with Crippen molar-refractivity contribution in [2.75, 3.05) is 13.7 Å². The lowest BCUT2D eigenvalue weighted by atomic mass is 10.0. The molecule has 152 valence electrons. The van der Waals surface area contributed by atoms with Gasteiger partial charge in [-0.1, -0.05) is 18.2 Å². The van der Waals surface area contributed by atoms with Crippen LogP contribution in [0.2, 0.25) is 0 Å². The number of benzene rings is 1. The molecule has 30 heavy (non-hydrogen) atoms. The number of ether oxygens (including phenoxy) is 1. The lowest BCUT2D eigenvalue weighted by Crippen LogP contribution is -2.39. The smallest absolute Gasteiger partial charge is 0.339 e. The van der Waals surface area contributed by atoms with Gasteiger partial charge >= 0.3 is 12.0 Å². The van der Waals surface area contributed by atoms with Crippen molar-refractivity contribution in [2.45, 2.75) is 12.8 Å². The van der Waals surface area contributed by atoms with Gasteiger partial charge in [-0.2, -0.15) is 0 Å². The number of allylic oxidation sites excluding steroid dienone is 1. The van der Waals surface area contributed by atoms with Gasteiger partial charge in [-0.15, -0.1) is 0 Å².